The molecule has 0 bridgehead atoms. The minimum atomic E-state index is -1.68. The highest BCUT2D eigenvalue weighted by molar-refractivity contribution is 6.00. The maximum Gasteiger partial charge on any atom is 0.255 e. The lowest BCUT2D eigenvalue weighted by Crippen LogP contribution is -2.42. The zero-order valence-corrected chi connectivity index (χ0v) is 18.8. The molecule has 10 nitrogen and oxygen atoms in total. The smallest absolute Gasteiger partial charge is 0.255 e. The number of hydrogen-bond acceptors (Lipinski definition) is 8. The SMILES string of the molecule is CC(C)(O)[C@H](F)CNC(=O)c1cnc(Nc2nc3ccnn3cc2F)cc1N[C@H]1CCC[C@@H]1O. The lowest BCUT2D eigenvalue weighted by Gasteiger charge is -2.23. The summed E-state index contributed by atoms with van der Waals surface area (Å²) in [5.74, 6) is -1.12. The average Bonchev–Trinajstić information content (AvgIpc) is 3.40. The molecule has 182 valence electrons. The second-order valence-electron chi connectivity index (χ2n) is 8.89. The number of anilines is 3. The Kier molecular flexibility index (Phi) is 6.62. The number of nitrogens with one attached hydrogen (secondary N) is 3. The number of aromatic nitrogens is 4. The van der Waals surface area contributed by atoms with Crippen LogP contribution in [0, 0.1) is 5.82 Å². The molecule has 0 saturated heterocycles. The molecule has 0 radical (unpaired) electrons. The molecular formula is C22H27F2N7O3. The first-order valence-corrected chi connectivity index (χ1v) is 11.0. The summed E-state index contributed by atoms with van der Waals surface area (Å²) in [4.78, 5) is 21.1. The molecule has 3 atom stereocenters. The van der Waals surface area contributed by atoms with E-state index in [9.17, 15) is 23.8 Å². The molecule has 3 aromatic heterocycles. The Bertz CT molecular complexity index is 1180. The monoisotopic (exact) mass is 475 g/mol. The summed E-state index contributed by atoms with van der Waals surface area (Å²) in [5, 5.41) is 32.3. The average molecular weight is 476 g/mol. The van der Waals surface area contributed by atoms with Gasteiger partial charge in [0.2, 0.25) is 0 Å². The van der Waals surface area contributed by atoms with E-state index in [1.165, 1.54) is 43.0 Å². The number of carbonyl (C=O) groups is 1. The number of aliphatic hydroxyl groups is 2. The number of halogens is 2. The number of fused-ring (bicyclic) bond motifs is 1. The Morgan fingerprint density at radius 2 is 2.18 bits per heavy atom. The summed E-state index contributed by atoms with van der Waals surface area (Å²) >= 11 is 0. The van der Waals surface area contributed by atoms with Crippen LogP contribution in [0.3, 0.4) is 0 Å². The number of amides is 1. The van der Waals surface area contributed by atoms with Gasteiger partial charge in [0.05, 0.1) is 47.9 Å². The Hall–Kier alpha value is -3.38. The largest absolute Gasteiger partial charge is 0.391 e. The van der Waals surface area contributed by atoms with Gasteiger partial charge in [-0.1, -0.05) is 0 Å². The van der Waals surface area contributed by atoms with Crippen molar-refractivity contribution in [2.24, 2.45) is 0 Å². The molecule has 0 aromatic carbocycles. The van der Waals surface area contributed by atoms with Gasteiger partial charge in [-0.15, -0.1) is 0 Å². The van der Waals surface area contributed by atoms with Crippen molar-refractivity contribution in [2.45, 2.75) is 57.0 Å². The first-order chi connectivity index (χ1) is 16.1. The minimum absolute atomic E-state index is 0.0741. The van der Waals surface area contributed by atoms with Crippen molar-refractivity contribution < 1.29 is 23.8 Å². The van der Waals surface area contributed by atoms with Crippen LogP contribution in [0.4, 0.5) is 26.1 Å². The molecule has 34 heavy (non-hydrogen) atoms. The fourth-order valence-electron chi connectivity index (χ4n) is 3.70. The van der Waals surface area contributed by atoms with Gasteiger partial charge in [0, 0.05) is 18.3 Å². The van der Waals surface area contributed by atoms with Crippen molar-refractivity contribution in [1.82, 2.24) is 24.9 Å². The van der Waals surface area contributed by atoms with Crippen molar-refractivity contribution in [2.75, 3.05) is 17.2 Å². The highest BCUT2D eigenvalue weighted by Crippen LogP contribution is 2.28. The third-order valence-electron chi connectivity index (χ3n) is 5.76. The molecule has 1 amide bonds. The fraction of sp³-hybridized carbons (Fsp3) is 0.455. The van der Waals surface area contributed by atoms with Crippen molar-refractivity contribution in [1.29, 1.82) is 0 Å². The first-order valence-electron chi connectivity index (χ1n) is 11.0. The van der Waals surface area contributed by atoms with Crippen molar-refractivity contribution in [3.63, 3.8) is 0 Å². The van der Waals surface area contributed by atoms with Gasteiger partial charge < -0.3 is 26.2 Å². The molecule has 12 heteroatoms. The Labute approximate surface area is 194 Å². The van der Waals surface area contributed by atoms with Gasteiger partial charge >= 0.3 is 0 Å². The van der Waals surface area contributed by atoms with E-state index in [2.05, 4.69) is 31.0 Å². The summed E-state index contributed by atoms with van der Waals surface area (Å²) < 4.78 is 29.9. The molecule has 1 fully saturated rings. The van der Waals surface area contributed by atoms with Gasteiger partial charge in [-0.05, 0) is 33.1 Å². The summed E-state index contributed by atoms with van der Waals surface area (Å²) in [6.07, 6.45) is 3.83. The minimum Gasteiger partial charge on any atom is -0.391 e. The second kappa shape index (κ2) is 9.47. The van der Waals surface area contributed by atoms with E-state index >= 15 is 0 Å². The normalized spacial score (nSPS) is 19.2. The molecule has 3 heterocycles. The van der Waals surface area contributed by atoms with E-state index in [1.54, 1.807) is 6.07 Å². The van der Waals surface area contributed by atoms with Crippen molar-refractivity contribution in [3.8, 4) is 0 Å². The fourth-order valence-corrected chi connectivity index (χ4v) is 3.70. The maximum atomic E-state index is 14.5. The summed E-state index contributed by atoms with van der Waals surface area (Å²) in [6, 6.07) is 2.83. The molecule has 1 saturated carbocycles. The third-order valence-corrected chi connectivity index (χ3v) is 5.76. The van der Waals surface area contributed by atoms with Crippen LogP contribution in [0.1, 0.15) is 43.5 Å². The van der Waals surface area contributed by atoms with Gasteiger partial charge in [-0.2, -0.15) is 5.10 Å². The van der Waals surface area contributed by atoms with Gasteiger partial charge in [0.1, 0.15) is 12.0 Å². The number of aliphatic hydroxyl groups excluding tert-OH is 1. The number of pyridine rings is 1. The summed E-state index contributed by atoms with van der Waals surface area (Å²) in [6.45, 7) is 2.23. The van der Waals surface area contributed by atoms with Crippen molar-refractivity contribution in [3.05, 3.63) is 42.1 Å². The van der Waals surface area contributed by atoms with E-state index in [-0.39, 0.29) is 23.2 Å². The standard InChI is InChI=1S/C22H27F2N7O3/c1-22(2,34)17(24)10-26-21(33)12-9-25-18(8-15(12)28-14-4-3-5-16(14)32)29-20-13(23)11-31-19(30-20)6-7-27-31/h6-9,11,14,16-17,32,34H,3-5,10H2,1-2H3,(H,26,33)(H2,25,28,29,30)/t14-,16-,17+/m0/s1. The highest BCUT2D eigenvalue weighted by Gasteiger charge is 2.29. The van der Waals surface area contributed by atoms with Gasteiger partial charge in [-0.25, -0.2) is 23.3 Å². The van der Waals surface area contributed by atoms with E-state index in [0.717, 1.165) is 6.42 Å². The molecule has 0 spiro atoms. The number of nitrogens with zero attached hydrogens (tertiary/aromatic N) is 4. The predicted molar refractivity (Wildman–Crippen MR) is 121 cm³/mol. The number of alkyl halides is 1. The molecule has 4 rings (SSSR count). The van der Waals surface area contributed by atoms with Crippen LogP contribution in [-0.2, 0) is 0 Å². The van der Waals surface area contributed by atoms with E-state index in [1.807, 2.05) is 0 Å². The molecule has 1 aliphatic carbocycles. The molecule has 0 unspecified atom stereocenters. The predicted octanol–water partition coefficient (Wildman–Crippen LogP) is 2.17. The summed E-state index contributed by atoms with van der Waals surface area (Å²) in [7, 11) is 0. The van der Waals surface area contributed by atoms with E-state index in [0.29, 0.717) is 24.2 Å². The molecule has 0 aliphatic heterocycles. The zero-order chi connectivity index (χ0) is 24.5. The lowest BCUT2D eigenvalue weighted by atomic mass is 10.0. The Morgan fingerprint density at radius 1 is 1.38 bits per heavy atom. The number of carbonyl (C=O) groups excluding carboxylic acids is 1. The van der Waals surface area contributed by atoms with Crippen LogP contribution in [0.2, 0.25) is 0 Å². The Morgan fingerprint density at radius 3 is 2.88 bits per heavy atom. The van der Waals surface area contributed by atoms with Crippen LogP contribution in [0.25, 0.3) is 5.65 Å². The van der Waals surface area contributed by atoms with Crippen LogP contribution >= 0.6 is 0 Å². The van der Waals surface area contributed by atoms with E-state index in [4.69, 9.17) is 0 Å². The second-order valence-corrected chi connectivity index (χ2v) is 8.89. The first kappa shape index (κ1) is 23.8. The quantitative estimate of drug-likeness (QED) is 0.334. The number of rotatable bonds is 8. The van der Waals surface area contributed by atoms with Gasteiger partial charge in [0.15, 0.2) is 17.3 Å². The van der Waals surface area contributed by atoms with Crippen LogP contribution in [-0.4, -0.2) is 66.2 Å². The summed E-state index contributed by atoms with van der Waals surface area (Å²) in [5.41, 5.74) is -0.722. The van der Waals surface area contributed by atoms with Gasteiger partial charge in [-0.3, -0.25) is 4.79 Å². The van der Waals surface area contributed by atoms with Crippen LogP contribution in [0.5, 0.6) is 0 Å². The molecule has 3 aromatic rings. The number of hydrogen-bond donors (Lipinski definition) is 5. The molecular weight excluding hydrogens is 448 g/mol. The van der Waals surface area contributed by atoms with Crippen molar-refractivity contribution >= 4 is 28.9 Å². The molecule has 5 N–H and O–H groups in total. The van der Waals surface area contributed by atoms with Gasteiger partial charge in [0.25, 0.3) is 5.91 Å². The van der Waals surface area contributed by atoms with E-state index < -0.39 is 36.1 Å². The molecule has 1 aliphatic rings. The highest BCUT2D eigenvalue weighted by atomic mass is 19.1. The lowest BCUT2D eigenvalue weighted by molar-refractivity contribution is -0.00177. The van der Waals surface area contributed by atoms with Crippen LogP contribution < -0.4 is 16.0 Å². The zero-order valence-electron chi connectivity index (χ0n) is 18.8. The topological polar surface area (TPSA) is 137 Å². The Balaban J connectivity index is 1.59. The van der Waals surface area contributed by atoms with Crippen LogP contribution in [0.15, 0.2) is 30.7 Å². The maximum absolute atomic E-state index is 14.5. The third kappa shape index (κ3) is 5.23.